The molecule has 0 saturated carbocycles. The topological polar surface area (TPSA) is 97.0 Å². The Morgan fingerprint density at radius 2 is 1.97 bits per heavy atom. The van der Waals surface area contributed by atoms with Gasteiger partial charge in [0, 0.05) is 42.4 Å². The summed E-state index contributed by atoms with van der Waals surface area (Å²) in [4.78, 5) is 19.0. The minimum atomic E-state index is -0.482. The Morgan fingerprint density at radius 3 is 2.70 bits per heavy atom. The van der Waals surface area contributed by atoms with Crippen molar-refractivity contribution >= 4 is 39.7 Å². The molecule has 0 atom stereocenters. The van der Waals surface area contributed by atoms with E-state index in [1.165, 1.54) is 23.5 Å². The Hall–Kier alpha value is -3.59. The molecule has 2 aromatic carbocycles. The summed E-state index contributed by atoms with van der Waals surface area (Å²) in [5.41, 5.74) is 6.73. The van der Waals surface area contributed by atoms with Gasteiger partial charge < -0.3 is 16.0 Å². The van der Waals surface area contributed by atoms with Gasteiger partial charge in [0.1, 0.15) is 5.82 Å². The Morgan fingerprint density at radius 1 is 1.17 bits per heavy atom. The van der Waals surface area contributed by atoms with Crippen LogP contribution in [0.1, 0.15) is 15.9 Å². The largest absolute Gasteiger partial charge is 0.366 e. The number of anilines is 2. The number of rotatable bonds is 6. The van der Waals surface area contributed by atoms with E-state index < -0.39 is 5.91 Å². The zero-order chi connectivity index (χ0) is 21.3. The molecule has 4 rings (SSSR count). The number of nitrogens with two attached hydrogens (primary N) is 1. The lowest BCUT2D eigenvalue weighted by Crippen LogP contribution is -2.16. The molecule has 9 heteroatoms. The van der Waals surface area contributed by atoms with Crippen LogP contribution in [0.25, 0.3) is 21.5 Å². The third-order valence-electron chi connectivity index (χ3n) is 4.56. The van der Waals surface area contributed by atoms with Crippen molar-refractivity contribution < 1.29 is 9.18 Å². The van der Waals surface area contributed by atoms with E-state index in [1.807, 2.05) is 31.6 Å². The average Bonchev–Trinajstić information content (AvgIpc) is 3.16. The third-order valence-corrected chi connectivity index (χ3v) is 5.55. The number of nitrogens with zero attached hydrogens (tertiary/aromatic N) is 4. The molecule has 0 fully saturated rings. The highest BCUT2D eigenvalue weighted by molar-refractivity contribution is 7.15. The van der Waals surface area contributed by atoms with Crippen LogP contribution in [0.4, 0.5) is 16.0 Å². The summed E-state index contributed by atoms with van der Waals surface area (Å²) in [6, 6.07) is 11.7. The minimum absolute atomic E-state index is 0.293. The summed E-state index contributed by atoms with van der Waals surface area (Å²) >= 11 is 1.42. The monoisotopic (exact) mass is 422 g/mol. The van der Waals surface area contributed by atoms with E-state index >= 15 is 0 Å². The lowest BCUT2D eigenvalue weighted by molar-refractivity contribution is 0.100. The van der Waals surface area contributed by atoms with E-state index in [4.69, 9.17) is 5.73 Å². The van der Waals surface area contributed by atoms with Crippen molar-refractivity contribution in [2.75, 3.05) is 24.3 Å². The molecule has 3 N–H and O–H groups in total. The summed E-state index contributed by atoms with van der Waals surface area (Å²) in [6.07, 6.45) is 0. The third kappa shape index (κ3) is 3.79. The molecule has 4 aromatic rings. The first-order valence-electron chi connectivity index (χ1n) is 9.15. The van der Waals surface area contributed by atoms with Gasteiger partial charge in [-0.15, -0.1) is 21.5 Å². The number of fused-ring (bicyclic) bond motifs is 1. The molecule has 1 amide bonds. The molecule has 0 radical (unpaired) electrons. The smallest absolute Gasteiger partial charge is 0.249 e. The van der Waals surface area contributed by atoms with Crippen LogP contribution >= 0.6 is 11.3 Å². The van der Waals surface area contributed by atoms with Crippen LogP contribution in [0.5, 0.6) is 0 Å². The highest BCUT2D eigenvalue weighted by atomic mass is 32.1. The number of hydrogen-bond donors (Lipinski definition) is 2. The maximum atomic E-state index is 13.5. The molecule has 152 valence electrons. The molecule has 0 unspecified atom stereocenters. The quantitative estimate of drug-likeness (QED) is 0.492. The van der Waals surface area contributed by atoms with Crippen molar-refractivity contribution in [3.63, 3.8) is 0 Å². The minimum Gasteiger partial charge on any atom is -0.366 e. The molecule has 7 nitrogen and oxygen atoms in total. The van der Waals surface area contributed by atoms with Crippen LogP contribution in [-0.2, 0) is 6.54 Å². The van der Waals surface area contributed by atoms with Crippen molar-refractivity contribution in [3.05, 3.63) is 64.8 Å². The van der Waals surface area contributed by atoms with Crippen LogP contribution in [0, 0.1) is 5.82 Å². The maximum Gasteiger partial charge on any atom is 0.249 e. The first kappa shape index (κ1) is 19.7. The van der Waals surface area contributed by atoms with Crippen molar-refractivity contribution in [3.8, 4) is 10.7 Å². The molecule has 0 aliphatic rings. The standard InChI is InChI=1S/C21H19FN6OS/c1-28(2)21-20(24-10-12-5-3-6-13(22)9-12)25-19(26-27-21)17-14-7-4-8-15(18(23)29)16(14)11-30-17/h3-9,11H,10H2,1-2H3,(H2,23,29)(H,24,25,26). The molecule has 0 saturated heterocycles. The van der Waals surface area contributed by atoms with Gasteiger partial charge in [-0.3, -0.25) is 4.79 Å². The van der Waals surface area contributed by atoms with Crippen LogP contribution in [-0.4, -0.2) is 35.2 Å². The molecule has 0 spiro atoms. The van der Waals surface area contributed by atoms with Crippen molar-refractivity contribution in [2.24, 2.45) is 5.73 Å². The lowest BCUT2D eigenvalue weighted by Gasteiger charge is -2.16. The molecular weight excluding hydrogens is 403 g/mol. The number of thiophene rings is 1. The molecule has 2 heterocycles. The zero-order valence-corrected chi connectivity index (χ0v) is 17.2. The second-order valence-corrected chi connectivity index (χ2v) is 7.76. The van der Waals surface area contributed by atoms with Crippen LogP contribution in [0.15, 0.2) is 47.8 Å². The van der Waals surface area contributed by atoms with Crippen LogP contribution in [0.3, 0.4) is 0 Å². The average molecular weight is 422 g/mol. The van der Waals surface area contributed by atoms with E-state index in [0.717, 1.165) is 21.2 Å². The van der Waals surface area contributed by atoms with Crippen LogP contribution in [0.2, 0.25) is 0 Å². The highest BCUT2D eigenvalue weighted by Gasteiger charge is 2.17. The number of nitrogens with one attached hydrogen (secondary N) is 1. The summed E-state index contributed by atoms with van der Waals surface area (Å²) in [7, 11) is 3.69. The van der Waals surface area contributed by atoms with E-state index in [0.29, 0.717) is 29.6 Å². The molecular formula is C21H19FN6OS. The van der Waals surface area contributed by atoms with E-state index in [2.05, 4.69) is 20.5 Å². The molecule has 0 aliphatic heterocycles. The Labute approximate surface area is 176 Å². The predicted molar refractivity (Wildman–Crippen MR) is 117 cm³/mol. The van der Waals surface area contributed by atoms with Crippen molar-refractivity contribution in [1.29, 1.82) is 0 Å². The molecule has 30 heavy (non-hydrogen) atoms. The van der Waals surface area contributed by atoms with Gasteiger partial charge in [0.25, 0.3) is 0 Å². The Kier molecular flexibility index (Phi) is 5.28. The van der Waals surface area contributed by atoms with Crippen molar-refractivity contribution in [1.82, 2.24) is 15.2 Å². The predicted octanol–water partition coefficient (Wildman–Crippen LogP) is 3.67. The fourth-order valence-corrected chi connectivity index (χ4v) is 4.12. The number of aromatic nitrogens is 3. The SMILES string of the molecule is CN(C)c1nnc(-c2scc3c(C(N)=O)cccc23)nc1NCc1cccc(F)c1. The summed E-state index contributed by atoms with van der Waals surface area (Å²) in [6.45, 7) is 0.383. The zero-order valence-electron chi connectivity index (χ0n) is 16.4. The number of amides is 1. The maximum absolute atomic E-state index is 13.5. The highest BCUT2D eigenvalue weighted by Crippen LogP contribution is 2.35. The second kappa shape index (κ2) is 8.03. The van der Waals surface area contributed by atoms with Crippen molar-refractivity contribution in [2.45, 2.75) is 6.54 Å². The number of halogens is 1. The lowest BCUT2D eigenvalue weighted by atomic mass is 10.1. The molecule has 0 bridgehead atoms. The number of carbonyl (C=O) groups is 1. The normalized spacial score (nSPS) is 10.9. The molecule has 0 aliphatic carbocycles. The number of hydrogen-bond acceptors (Lipinski definition) is 7. The first-order valence-corrected chi connectivity index (χ1v) is 10.0. The fraction of sp³-hybridized carbons (Fsp3) is 0.143. The number of carbonyl (C=O) groups excluding carboxylic acids is 1. The summed E-state index contributed by atoms with van der Waals surface area (Å²) < 4.78 is 13.5. The van der Waals surface area contributed by atoms with Gasteiger partial charge in [0.2, 0.25) is 5.91 Å². The van der Waals surface area contributed by atoms with Gasteiger partial charge in [-0.1, -0.05) is 24.3 Å². The first-order chi connectivity index (χ1) is 14.4. The van der Waals surface area contributed by atoms with Gasteiger partial charge in [-0.05, 0) is 23.8 Å². The fourth-order valence-electron chi connectivity index (χ4n) is 3.13. The van der Waals surface area contributed by atoms with Gasteiger partial charge in [-0.25, -0.2) is 9.37 Å². The van der Waals surface area contributed by atoms with Gasteiger partial charge in [0.05, 0.1) is 4.88 Å². The summed E-state index contributed by atoms with van der Waals surface area (Å²) in [5.74, 6) is 0.753. The Bertz CT molecular complexity index is 1240. The summed E-state index contributed by atoms with van der Waals surface area (Å²) in [5, 5.41) is 15.3. The van der Waals surface area contributed by atoms with Crippen LogP contribution < -0.4 is 16.0 Å². The molecule has 2 aromatic heterocycles. The number of benzene rings is 2. The van der Waals surface area contributed by atoms with Gasteiger partial charge in [-0.2, -0.15) is 0 Å². The van der Waals surface area contributed by atoms with Gasteiger partial charge in [0.15, 0.2) is 17.5 Å². The van der Waals surface area contributed by atoms with E-state index in [-0.39, 0.29) is 5.82 Å². The van der Waals surface area contributed by atoms with E-state index in [9.17, 15) is 9.18 Å². The Balaban J connectivity index is 1.73. The van der Waals surface area contributed by atoms with E-state index in [1.54, 1.807) is 23.1 Å². The van der Waals surface area contributed by atoms with Gasteiger partial charge >= 0.3 is 0 Å². The number of primary amides is 1. The second-order valence-electron chi connectivity index (χ2n) is 6.88.